The maximum Gasteiger partial charge on any atom is 0.333 e. The average Bonchev–Trinajstić information content (AvgIpc) is 3.55. The van der Waals surface area contributed by atoms with Crippen molar-refractivity contribution in [3.05, 3.63) is 65.1 Å². The Morgan fingerprint density at radius 1 is 1.06 bits per heavy atom. The van der Waals surface area contributed by atoms with Crippen LogP contribution >= 0.6 is 0 Å². The largest absolute Gasteiger partial charge is 0.380 e. The van der Waals surface area contributed by atoms with E-state index in [1.54, 1.807) is 34.2 Å². The number of hydrogen-bond acceptors (Lipinski definition) is 6. The standard InChI is InChI=1S/C26H27N7O2/c1-16-23(15-30(2)29-16)33-25-20-11-17(5-7-21(20)27-13-22(25)31(3)26(33)34)18-6-8-24(28-12-18)32-10-9-19(14-32)35-4/h5-8,11-13,15,19H,9-10,14H2,1-4H3/t19-/m0/s1. The fraction of sp³-hybridized carbons (Fsp3) is 0.308. The third kappa shape index (κ3) is 3.42. The van der Waals surface area contributed by atoms with Crippen LogP contribution < -0.4 is 10.6 Å². The van der Waals surface area contributed by atoms with Gasteiger partial charge in [-0.3, -0.25) is 18.8 Å². The van der Waals surface area contributed by atoms with E-state index in [9.17, 15) is 4.79 Å². The number of rotatable bonds is 4. The maximum absolute atomic E-state index is 13.3. The molecule has 1 atom stereocenters. The number of aromatic nitrogens is 6. The predicted octanol–water partition coefficient (Wildman–Crippen LogP) is 3.21. The highest BCUT2D eigenvalue weighted by Gasteiger charge is 2.23. The first kappa shape index (κ1) is 21.5. The zero-order valence-electron chi connectivity index (χ0n) is 20.3. The van der Waals surface area contributed by atoms with Gasteiger partial charge in [0.25, 0.3) is 0 Å². The van der Waals surface area contributed by atoms with Gasteiger partial charge < -0.3 is 9.64 Å². The van der Waals surface area contributed by atoms with Gasteiger partial charge in [-0.2, -0.15) is 5.10 Å². The molecule has 0 saturated carbocycles. The first-order valence-corrected chi connectivity index (χ1v) is 11.7. The monoisotopic (exact) mass is 469 g/mol. The Balaban J connectivity index is 1.48. The molecule has 0 radical (unpaired) electrons. The minimum Gasteiger partial charge on any atom is -0.380 e. The summed E-state index contributed by atoms with van der Waals surface area (Å²) in [5.74, 6) is 0.960. The molecular formula is C26H27N7O2. The molecule has 4 aromatic heterocycles. The van der Waals surface area contributed by atoms with Crippen molar-refractivity contribution in [2.45, 2.75) is 19.4 Å². The molecule has 1 aliphatic rings. The van der Waals surface area contributed by atoms with Crippen molar-refractivity contribution < 1.29 is 4.74 Å². The van der Waals surface area contributed by atoms with Crippen LogP contribution in [0.5, 0.6) is 0 Å². The summed E-state index contributed by atoms with van der Waals surface area (Å²) in [5, 5.41) is 5.36. The van der Waals surface area contributed by atoms with Gasteiger partial charge in [-0.25, -0.2) is 9.78 Å². The molecule has 0 amide bonds. The van der Waals surface area contributed by atoms with Crippen molar-refractivity contribution in [3.63, 3.8) is 0 Å². The second-order valence-corrected chi connectivity index (χ2v) is 9.17. The number of hydrogen-bond donors (Lipinski definition) is 0. The van der Waals surface area contributed by atoms with E-state index < -0.39 is 0 Å². The van der Waals surface area contributed by atoms with Crippen LogP contribution in [0.2, 0.25) is 0 Å². The summed E-state index contributed by atoms with van der Waals surface area (Å²) in [6.45, 7) is 3.73. The number of nitrogens with zero attached hydrogens (tertiary/aromatic N) is 7. The van der Waals surface area contributed by atoms with Gasteiger partial charge in [-0.15, -0.1) is 0 Å². The number of benzene rings is 1. The number of ether oxygens (including phenoxy) is 1. The van der Waals surface area contributed by atoms with Crippen molar-refractivity contribution in [3.8, 4) is 16.8 Å². The fourth-order valence-corrected chi connectivity index (χ4v) is 5.08. The molecule has 6 rings (SSSR count). The van der Waals surface area contributed by atoms with E-state index in [-0.39, 0.29) is 11.8 Å². The molecule has 0 aliphatic carbocycles. The Bertz CT molecular complexity index is 1630. The summed E-state index contributed by atoms with van der Waals surface area (Å²) in [5.41, 5.74) is 5.90. The molecule has 0 N–H and O–H groups in total. The molecule has 0 bridgehead atoms. The summed E-state index contributed by atoms with van der Waals surface area (Å²) in [6, 6.07) is 10.3. The fourth-order valence-electron chi connectivity index (χ4n) is 5.08. The van der Waals surface area contributed by atoms with Gasteiger partial charge in [0.2, 0.25) is 0 Å². The SMILES string of the molecule is CO[C@H]1CCN(c2ccc(-c3ccc4ncc5c(c4c3)n(-c3cn(C)nc3C)c(=O)n5C)cn2)C1. The van der Waals surface area contributed by atoms with Crippen LogP contribution in [-0.2, 0) is 18.8 Å². The lowest BCUT2D eigenvalue weighted by molar-refractivity contribution is 0.121. The minimum absolute atomic E-state index is 0.123. The van der Waals surface area contributed by atoms with E-state index in [2.05, 4.69) is 39.2 Å². The highest BCUT2D eigenvalue weighted by atomic mass is 16.5. The normalized spacial score (nSPS) is 16.1. The van der Waals surface area contributed by atoms with E-state index in [0.29, 0.717) is 0 Å². The van der Waals surface area contributed by atoms with Crippen molar-refractivity contribution in [2.75, 3.05) is 25.1 Å². The average molecular weight is 470 g/mol. The van der Waals surface area contributed by atoms with Gasteiger partial charge in [0.15, 0.2) is 0 Å². The number of aryl methyl sites for hydroxylation is 3. The number of fused-ring (bicyclic) bond motifs is 3. The highest BCUT2D eigenvalue weighted by molar-refractivity contribution is 6.04. The predicted molar refractivity (Wildman–Crippen MR) is 136 cm³/mol. The van der Waals surface area contributed by atoms with Crippen LogP contribution in [0, 0.1) is 6.92 Å². The van der Waals surface area contributed by atoms with Crippen LogP contribution in [0.3, 0.4) is 0 Å². The Labute approximate surface area is 202 Å². The lowest BCUT2D eigenvalue weighted by Gasteiger charge is -2.17. The van der Waals surface area contributed by atoms with Gasteiger partial charge in [0.05, 0.1) is 40.2 Å². The van der Waals surface area contributed by atoms with E-state index in [1.165, 1.54) is 0 Å². The van der Waals surface area contributed by atoms with Crippen molar-refractivity contribution in [1.29, 1.82) is 0 Å². The minimum atomic E-state index is -0.123. The quantitative estimate of drug-likeness (QED) is 0.402. The first-order chi connectivity index (χ1) is 16.9. The molecule has 5 heterocycles. The van der Waals surface area contributed by atoms with Gasteiger partial charge in [-0.05, 0) is 43.2 Å². The second-order valence-electron chi connectivity index (χ2n) is 9.17. The topological polar surface area (TPSA) is 83.0 Å². The van der Waals surface area contributed by atoms with E-state index in [4.69, 9.17) is 9.72 Å². The van der Waals surface area contributed by atoms with Gasteiger partial charge in [-0.1, -0.05) is 6.07 Å². The Hall–Kier alpha value is -3.98. The lowest BCUT2D eigenvalue weighted by Crippen LogP contribution is -2.22. The van der Waals surface area contributed by atoms with Crippen molar-refractivity contribution >= 4 is 27.8 Å². The molecule has 9 heteroatoms. The molecule has 0 unspecified atom stereocenters. The number of anilines is 1. The van der Waals surface area contributed by atoms with Gasteiger partial charge in [0, 0.05) is 57.6 Å². The molecule has 1 aromatic carbocycles. The number of imidazole rings is 1. The summed E-state index contributed by atoms with van der Waals surface area (Å²) in [4.78, 5) is 24.9. The molecule has 5 aromatic rings. The molecule has 1 aliphatic heterocycles. The third-order valence-electron chi connectivity index (χ3n) is 7.00. The first-order valence-electron chi connectivity index (χ1n) is 11.7. The van der Waals surface area contributed by atoms with Crippen LogP contribution in [0.25, 0.3) is 38.8 Å². The number of methoxy groups -OCH3 is 1. The zero-order valence-corrected chi connectivity index (χ0v) is 20.3. The molecular weight excluding hydrogens is 442 g/mol. The Morgan fingerprint density at radius 2 is 1.89 bits per heavy atom. The summed E-state index contributed by atoms with van der Waals surface area (Å²) >= 11 is 0. The maximum atomic E-state index is 13.3. The molecule has 0 spiro atoms. The third-order valence-corrected chi connectivity index (χ3v) is 7.00. The van der Waals surface area contributed by atoms with Crippen LogP contribution in [0.1, 0.15) is 12.1 Å². The van der Waals surface area contributed by atoms with E-state index in [0.717, 1.165) is 69.8 Å². The smallest absolute Gasteiger partial charge is 0.333 e. The van der Waals surface area contributed by atoms with Gasteiger partial charge in [0.1, 0.15) is 5.82 Å². The van der Waals surface area contributed by atoms with E-state index >= 15 is 0 Å². The molecule has 35 heavy (non-hydrogen) atoms. The summed E-state index contributed by atoms with van der Waals surface area (Å²) in [7, 11) is 5.40. The second kappa shape index (κ2) is 8.06. The Kier molecular flexibility index (Phi) is 4.96. The molecule has 178 valence electrons. The van der Waals surface area contributed by atoms with E-state index in [1.807, 2.05) is 32.4 Å². The summed E-state index contributed by atoms with van der Waals surface area (Å²) < 4.78 is 10.6. The Morgan fingerprint density at radius 3 is 2.57 bits per heavy atom. The lowest BCUT2D eigenvalue weighted by atomic mass is 10.0. The molecule has 9 nitrogen and oxygen atoms in total. The molecule has 1 fully saturated rings. The van der Waals surface area contributed by atoms with Crippen LogP contribution in [0.4, 0.5) is 5.82 Å². The zero-order chi connectivity index (χ0) is 24.3. The number of pyridine rings is 2. The van der Waals surface area contributed by atoms with Crippen molar-refractivity contribution in [2.24, 2.45) is 14.1 Å². The highest BCUT2D eigenvalue weighted by Crippen LogP contribution is 2.31. The van der Waals surface area contributed by atoms with Gasteiger partial charge >= 0.3 is 5.69 Å². The van der Waals surface area contributed by atoms with Crippen molar-refractivity contribution in [1.82, 2.24) is 28.9 Å². The van der Waals surface area contributed by atoms with Crippen LogP contribution in [-0.4, -0.2) is 55.2 Å². The van der Waals surface area contributed by atoms with Crippen LogP contribution in [0.15, 0.2) is 53.7 Å². The summed E-state index contributed by atoms with van der Waals surface area (Å²) in [6.07, 6.45) is 6.83. The molecule has 1 saturated heterocycles.